The first-order valence-electron chi connectivity index (χ1n) is 5.19. The minimum absolute atomic E-state index is 0.125. The lowest BCUT2D eigenvalue weighted by molar-refractivity contribution is 0.0670. The lowest BCUT2D eigenvalue weighted by atomic mass is 10.1. The standard InChI is InChI=1S/C11H14BrNO2S/c1-11(15)3-4-13(7-11)6-9(14)10-8(12)2-5-16-10/h2,5,15H,3-4,6-7H2,1H3. The predicted molar refractivity (Wildman–Crippen MR) is 68.0 cm³/mol. The SMILES string of the molecule is CC1(O)CCN(CC(=O)c2sccc2Br)C1. The average molecular weight is 304 g/mol. The molecule has 88 valence electrons. The Morgan fingerprint density at radius 2 is 2.50 bits per heavy atom. The Hall–Kier alpha value is -0.230. The predicted octanol–water partition coefficient (Wildman–Crippen LogP) is 2.15. The molecule has 0 amide bonds. The Morgan fingerprint density at radius 1 is 1.75 bits per heavy atom. The van der Waals surface area contributed by atoms with Gasteiger partial charge in [-0.25, -0.2) is 0 Å². The second-order valence-corrected chi connectivity index (χ2v) is 6.25. The Kier molecular flexibility index (Phi) is 3.49. The molecule has 0 aromatic carbocycles. The normalized spacial score (nSPS) is 26.2. The minimum atomic E-state index is -0.632. The number of carbonyl (C=O) groups is 1. The first kappa shape index (κ1) is 12.2. The molecule has 1 aliphatic heterocycles. The van der Waals surface area contributed by atoms with Crippen molar-refractivity contribution in [2.24, 2.45) is 0 Å². The highest BCUT2D eigenvalue weighted by atomic mass is 79.9. The smallest absolute Gasteiger partial charge is 0.187 e. The van der Waals surface area contributed by atoms with Gasteiger partial charge in [-0.05, 0) is 40.7 Å². The fraction of sp³-hybridized carbons (Fsp3) is 0.545. The zero-order valence-corrected chi connectivity index (χ0v) is 11.5. The summed E-state index contributed by atoms with van der Waals surface area (Å²) in [5, 5.41) is 11.7. The van der Waals surface area contributed by atoms with Crippen LogP contribution in [0.3, 0.4) is 0 Å². The summed E-state index contributed by atoms with van der Waals surface area (Å²) in [6, 6.07) is 1.89. The molecule has 16 heavy (non-hydrogen) atoms. The van der Waals surface area contributed by atoms with E-state index in [1.807, 2.05) is 23.3 Å². The van der Waals surface area contributed by atoms with Gasteiger partial charge in [0.15, 0.2) is 5.78 Å². The lowest BCUT2D eigenvalue weighted by Crippen LogP contribution is -2.32. The molecule has 1 aromatic heterocycles. The molecule has 1 atom stereocenters. The zero-order valence-electron chi connectivity index (χ0n) is 9.07. The number of Topliss-reactive ketones (excluding diaryl/α,β-unsaturated/α-hetero) is 1. The summed E-state index contributed by atoms with van der Waals surface area (Å²) in [5.74, 6) is 0.125. The highest BCUT2D eigenvalue weighted by Crippen LogP contribution is 2.25. The highest BCUT2D eigenvalue weighted by Gasteiger charge is 2.32. The van der Waals surface area contributed by atoms with Gasteiger partial charge in [0.05, 0.1) is 17.0 Å². The second kappa shape index (κ2) is 4.56. The van der Waals surface area contributed by atoms with Gasteiger partial charge in [0.2, 0.25) is 0 Å². The van der Waals surface area contributed by atoms with Crippen molar-refractivity contribution in [1.82, 2.24) is 4.90 Å². The molecule has 5 heteroatoms. The molecule has 0 spiro atoms. The van der Waals surface area contributed by atoms with Crippen molar-refractivity contribution >= 4 is 33.0 Å². The van der Waals surface area contributed by atoms with E-state index in [1.165, 1.54) is 11.3 Å². The van der Waals surface area contributed by atoms with Crippen LogP contribution >= 0.6 is 27.3 Å². The van der Waals surface area contributed by atoms with Crippen LogP contribution < -0.4 is 0 Å². The molecular formula is C11H14BrNO2S. The number of likely N-dealkylation sites (tertiary alicyclic amines) is 1. The van der Waals surface area contributed by atoms with Crippen LogP contribution in [0.2, 0.25) is 0 Å². The number of carbonyl (C=O) groups excluding carboxylic acids is 1. The van der Waals surface area contributed by atoms with Gasteiger partial charge >= 0.3 is 0 Å². The lowest BCUT2D eigenvalue weighted by Gasteiger charge is -2.17. The summed E-state index contributed by atoms with van der Waals surface area (Å²) in [6.45, 7) is 3.59. The first-order chi connectivity index (χ1) is 7.48. The quantitative estimate of drug-likeness (QED) is 0.870. The van der Waals surface area contributed by atoms with Crippen molar-refractivity contribution < 1.29 is 9.90 Å². The van der Waals surface area contributed by atoms with Crippen molar-refractivity contribution in [3.05, 3.63) is 20.8 Å². The van der Waals surface area contributed by atoms with Crippen LogP contribution in [0.15, 0.2) is 15.9 Å². The Morgan fingerprint density at radius 3 is 3.00 bits per heavy atom. The molecule has 3 nitrogen and oxygen atoms in total. The van der Waals surface area contributed by atoms with Gasteiger partial charge in [-0.2, -0.15) is 0 Å². The van der Waals surface area contributed by atoms with Crippen LogP contribution in [-0.4, -0.2) is 41.0 Å². The largest absolute Gasteiger partial charge is 0.389 e. The summed E-state index contributed by atoms with van der Waals surface area (Å²) in [4.78, 5) is 14.7. The fourth-order valence-electron chi connectivity index (χ4n) is 1.94. The number of hydrogen-bond acceptors (Lipinski definition) is 4. The van der Waals surface area contributed by atoms with Gasteiger partial charge in [-0.1, -0.05) is 0 Å². The third-order valence-corrected chi connectivity index (χ3v) is 4.65. The highest BCUT2D eigenvalue weighted by molar-refractivity contribution is 9.10. The molecule has 1 aliphatic rings. The molecular weight excluding hydrogens is 290 g/mol. The number of thiophene rings is 1. The monoisotopic (exact) mass is 303 g/mol. The van der Waals surface area contributed by atoms with Crippen LogP contribution in [0.25, 0.3) is 0 Å². The van der Waals surface area contributed by atoms with Crippen LogP contribution in [0.1, 0.15) is 23.0 Å². The molecule has 0 saturated carbocycles. The summed E-state index contributed by atoms with van der Waals surface area (Å²) < 4.78 is 0.869. The van der Waals surface area contributed by atoms with Crippen molar-refractivity contribution in [2.45, 2.75) is 18.9 Å². The zero-order chi connectivity index (χ0) is 11.8. The molecule has 2 rings (SSSR count). The van der Waals surface area contributed by atoms with E-state index < -0.39 is 5.60 Å². The third kappa shape index (κ3) is 2.71. The molecule has 1 aromatic rings. The van der Waals surface area contributed by atoms with E-state index in [0.29, 0.717) is 13.1 Å². The van der Waals surface area contributed by atoms with Crippen LogP contribution in [-0.2, 0) is 0 Å². The van der Waals surface area contributed by atoms with Gasteiger partial charge in [0.25, 0.3) is 0 Å². The number of β-amino-alcohol motifs (C(OH)–C–C–N with tert-alkyl or cyclic N) is 1. The second-order valence-electron chi connectivity index (χ2n) is 4.48. The molecule has 1 saturated heterocycles. The molecule has 1 unspecified atom stereocenters. The molecule has 2 heterocycles. The number of halogens is 1. The number of ketones is 1. The van der Waals surface area contributed by atoms with Gasteiger partial charge in [0, 0.05) is 17.6 Å². The summed E-state index contributed by atoms with van der Waals surface area (Å²) in [6.07, 6.45) is 0.742. The summed E-state index contributed by atoms with van der Waals surface area (Å²) in [7, 11) is 0. The van der Waals surface area contributed by atoms with Gasteiger partial charge in [-0.15, -0.1) is 11.3 Å². The van der Waals surface area contributed by atoms with E-state index in [2.05, 4.69) is 15.9 Å². The molecule has 1 N–H and O–H groups in total. The fourth-order valence-corrected chi connectivity index (χ4v) is 3.47. The van der Waals surface area contributed by atoms with Crippen molar-refractivity contribution in [2.75, 3.05) is 19.6 Å². The van der Waals surface area contributed by atoms with Crippen molar-refractivity contribution in [1.29, 1.82) is 0 Å². The van der Waals surface area contributed by atoms with E-state index in [9.17, 15) is 9.90 Å². The minimum Gasteiger partial charge on any atom is -0.389 e. The molecule has 0 radical (unpaired) electrons. The number of rotatable bonds is 3. The Bertz CT molecular complexity index is 402. The number of aliphatic hydroxyl groups is 1. The average Bonchev–Trinajstić information content (AvgIpc) is 2.72. The molecule has 0 aliphatic carbocycles. The maximum atomic E-state index is 12.0. The number of hydrogen-bond donors (Lipinski definition) is 1. The third-order valence-electron chi connectivity index (χ3n) is 2.77. The topological polar surface area (TPSA) is 40.5 Å². The van der Waals surface area contributed by atoms with Crippen molar-refractivity contribution in [3.8, 4) is 0 Å². The van der Waals surface area contributed by atoms with Gasteiger partial charge in [0.1, 0.15) is 0 Å². The van der Waals surface area contributed by atoms with E-state index >= 15 is 0 Å². The van der Waals surface area contributed by atoms with Crippen molar-refractivity contribution in [3.63, 3.8) is 0 Å². The van der Waals surface area contributed by atoms with E-state index in [1.54, 1.807) is 0 Å². The molecule has 0 bridgehead atoms. The van der Waals surface area contributed by atoms with E-state index in [4.69, 9.17) is 0 Å². The van der Waals surface area contributed by atoms with Gasteiger partial charge in [-0.3, -0.25) is 9.69 Å². The van der Waals surface area contributed by atoms with Gasteiger partial charge < -0.3 is 5.11 Å². The van der Waals surface area contributed by atoms with Crippen LogP contribution in [0.4, 0.5) is 0 Å². The Labute approximate surface area is 107 Å². The first-order valence-corrected chi connectivity index (χ1v) is 6.86. The van der Waals surface area contributed by atoms with E-state index in [-0.39, 0.29) is 5.78 Å². The van der Waals surface area contributed by atoms with Crippen LogP contribution in [0.5, 0.6) is 0 Å². The summed E-state index contributed by atoms with van der Waals surface area (Å²) >= 11 is 4.82. The Balaban J connectivity index is 1.97. The molecule has 1 fully saturated rings. The van der Waals surface area contributed by atoms with Crippen LogP contribution in [0, 0.1) is 0 Å². The number of nitrogens with zero attached hydrogens (tertiary/aromatic N) is 1. The maximum Gasteiger partial charge on any atom is 0.187 e. The van der Waals surface area contributed by atoms with E-state index in [0.717, 1.165) is 22.3 Å². The maximum absolute atomic E-state index is 12.0. The summed E-state index contributed by atoms with van der Waals surface area (Å²) in [5.41, 5.74) is -0.632.